The van der Waals surface area contributed by atoms with Crippen LogP contribution in [0.15, 0.2) is 42.6 Å². The van der Waals surface area contributed by atoms with Crippen molar-refractivity contribution < 1.29 is 37.7 Å². The minimum absolute atomic E-state index is 0. The first kappa shape index (κ1) is 17.4. The molecule has 0 bridgehead atoms. The van der Waals surface area contributed by atoms with E-state index in [1.54, 1.807) is 30.3 Å². The molecule has 0 saturated heterocycles. The molecule has 3 aromatic rings. The van der Waals surface area contributed by atoms with Crippen molar-refractivity contribution in [2.24, 2.45) is 0 Å². The summed E-state index contributed by atoms with van der Waals surface area (Å²) in [5, 5.41) is 3.42. The van der Waals surface area contributed by atoms with E-state index >= 15 is 0 Å². The summed E-state index contributed by atoms with van der Waals surface area (Å²) in [5.74, 6) is 0.0364. The van der Waals surface area contributed by atoms with Gasteiger partial charge in [-0.05, 0) is 12.1 Å². The van der Waals surface area contributed by atoms with Gasteiger partial charge in [0, 0.05) is 32.0 Å². The third-order valence-electron chi connectivity index (χ3n) is 2.92. The van der Waals surface area contributed by atoms with Gasteiger partial charge in [0.05, 0.1) is 11.4 Å². The molecule has 0 atom stereocenters. The van der Waals surface area contributed by atoms with Gasteiger partial charge in [-0.3, -0.25) is 10.1 Å². The van der Waals surface area contributed by atoms with Crippen molar-refractivity contribution in [3.8, 4) is 11.6 Å². The van der Waals surface area contributed by atoms with Crippen molar-refractivity contribution in [3.63, 3.8) is 0 Å². The molecular formula is C14H9F4IrN4-. The van der Waals surface area contributed by atoms with E-state index in [2.05, 4.69) is 16.3 Å². The average molecular weight is 501 g/mol. The van der Waals surface area contributed by atoms with Crippen LogP contribution in [0, 0.1) is 6.20 Å². The van der Waals surface area contributed by atoms with Gasteiger partial charge in [0.1, 0.15) is 12.6 Å². The van der Waals surface area contributed by atoms with Crippen LogP contribution in [0.5, 0.6) is 0 Å². The largest absolute Gasteiger partial charge is 0.388 e. The Hall–Kier alpha value is -1.99. The van der Waals surface area contributed by atoms with Gasteiger partial charge < -0.3 is 9.25 Å². The minimum atomic E-state index is -4.57. The predicted molar refractivity (Wildman–Crippen MR) is 69.3 cm³/mol. The van der Waals surface area contributed by atoms with Gasteiger partial charge in [0.2, 0.25) is 0 Å². The van der Waals surface area contributed by atoms with E-state index in [0.29, 0.717) is 5.69 Å². The van der Waals surface area contributed by atoms with Gasteiger partial charge in [0.25, 0.3) is 0 Å². The number of benzene rings is 1. The number of para-hydroxylation sites is 1. The van der Waals surface area contributed by atoms with Crippen LogP contribution in [0.25, 0.3) is 11.6 Å². The Bertz CT molecular complexity index is 780. The molecule has 0 N–H and O–H groups in total. The Labute approximate surface area is 142 Å². The maximum Gasteiger partial charge on any atom is 0.388 e. The van der Waals surface area contributed by atoms with Crippen molar-refractivity contribution in [3.05, 3.63) is 60.2 Å². The monoisotopic (exact) mass is 502 g/mol. The summed E-state index contributed by atoms with van der Waals surface area (Å²) in [6.07, 6.45) is -0.808. The molecule has 23 heavy (non-hydrogen) atoms. The van der Waals surface area contributed by atoms with Crippen molar-refractivity contribution in [2.45, 2.75) is 12.9 Å². The zero-order valence-corrected chi connectivity index (χ0v) is 13.8. The maximum atomic E-state index is 12.8. The first-order chi connectivity index (χ1) is 10.5. The van der Waals surface area contributed by atoms with Crippen LogP contribution in [-0.4, -0.2) is 19.3 Å². The van der Waals surface area contributed by atoms with Gasteiger partial charge in [-0.25, -0.2) is 4.39 Å². The topological polar surface area (TPSA) is 35.6 Å². The fourth-order valence-electron chi connectivity index (χ4n) is 1.94. The van der Waals surface area contributed by atoms with E-state index in [-0.39, 0.29) is 31.7 Å². The molecule has 123 valence electrons. The van der Waals surface area contributed by atoms with E-state index in [0.717, 1.165) is 10.7 Å². The number of hydrogen-bond donors (Lipinski definition) is 0. The van der Waals surface area contributed by atoms with Crippen LogP contribution in [0.3, 0.4) is 0 Å². The summed E-state index contributed by atoms with van der Waals surface area (Å²) in [5.41, 5.74) is -0.365. The second kappa shape index (κ2) is 6.64. The summed E-state index contributed by atoms with van der Waals surface area (Å²) in [6.45, 7) is -0.833. The zero-order valence-electron chi connectivity index (χ0n) is 11.4. The molecule has 3 rings (SSSR count). The maximum absolute atomic E-state index is 12.8. The number of nitrogens with zero attached hydrogens (tertiary/aromatic N) is 4. The average Bonchev–Trinajstić information content (AvgIpc) is 3.14. The predicted octanol–water partition coefficient (Wildman–Crippen LogP) is 3.34. The second-order valence-corrected chi connectivity index (χ2v) is 4.44. The van der Waals surface area contributed by atoms with Gasteiger partial charge in [0.15, 0.2) is 0 Å². The van der Waals surface area contributed by atoms with Gasteiger partial charge >= 0.3 is 6.18 Å². The molecule has 1 aromatic carbocycles. The minimum Gasteiger partial charge on any atom is -0.337 e. The van der Waals surface area contributed by atoms with E-state index < -0.39 is 18.5 Å². The Morgan fingerprint density at radius 2 is 1.83 bits per heavy atom. The summed E-state index contributed by atoms with van der Waals surface area (Å²) in [7, 11) is 0. The number of rotatable bonds is 3. The SMILES string of the molecule is FCc1cn(-c2ccccc2)c(-n2[c-]cc(C(F)(F)F)n2)n1.[Ir]. The van der Waals surface area contributed by atoms with Gasteiger partial charge in [-0.2, -0.15) is 13.2 Å². The summed E-state index contributed by atoms with van der Waals surface area (Å²) >= 11 is 0. The molecule has 0 unspecified atom stereocenters. The molecule has 0 aliphatic heterocycles. The third-order valence-corrected chi connectivity index (χ3v) is 2.92. The van der Waals surface area contributed by atoms with Crippen LogP contribution < -0.4 is 0 Å². The first-order valence-corrected chi connectivity index (χ1v) is 6.24. The first-order valence-electron chi connectivity index (χ1n) is 6.24. The number of hydrogen-bond acceptors (Lipinski definition) is 2. The van der Waals surface area contributed by atoms with E-state index in [1.807, 2.05) is 0 Å². The molecule has 0 spiro atoms. The molecule has 2 aromatic heterocycles. The Balaban J connectivity index is 0.00000192. The van der Waals surface area contributed by atoms with Crippen LogP contribution in [0.4, 0.5) is 17.6 Å². The van der Waals surface area contributed by atoms with Crippen molar-refractivity contribution in [1.29, 1.82) is 0 Å². The summed E-state index contributed by atoms with van der Waals surface area (Å²) in [4.78, 5) is 3.96. The van der Waals surface area contributed by atoms with E-state index in [1.165, 1.54) is 10.8 Å². The molecule has 4 nitrogen and oxygen atoms in total. The van der Waals surface area contributed by atoms with E-state index in [9.17, 15) is 17.6 Å². The fourth-order valence-corrected chi connectivity index (χ4v) is 1.94. The fraction of sp³-hybridized carbons (Fsp3) is 0.143. The number of halogens is 4. The molecular weight excluding hydrogens is 492 g/mol. The number of imidazole rings is 1. The van der Waals surface area contributed by atoms with Crippen molar-refractivity contribution in [2.75, 3.05) is 0 Å². The Morgan fingerprint density at radius 3 is 2.39 bits per heavy atom. The van der Waals surface area contributed by atoms with Gasteiger partial charge in [-0.15, -0.1) is 6.07 Å². The van der Waals surface area contributed by atoms with Crippen LogP contribution in [0.2, 0.25) is 0 Å². The van der Waals surface area contributed by atoms with Gasteiger partial charge in [-0.1, -0.05) is 24.4 Å². The summed E-state index contributed by atoms with van der Waals surface area (Å²) in [6, 6.07) is 9.46. The molecule has 2 heterocycles. The molecule has 0 aliphatic rings. The third kappa shape index (κ3) is 3.51. The normalized spacial score (nSPS) is 11.3. The van der Waals surface area contributed by atoms with Crippen LogP contribution >= 0.6 is 0 Å². The second-order valence-electron chi connectivity index (χ2n) is 4.44. The molecule has 0 aliphatic carbocycles. The zero-order chi connectivity index (χ0) is 15.7. The molecule has 0 amide bonds. The van der Waals surface area contributed by atoms with Crippen molar-refractivity contribution in [1.82, 2.24) is 19.3 Å². The number of alkyl halides is 4. The quantitative estimate of drug-likeness (QED) is 0.408. The standard InChI is InChI=1S/C14H9F4N4.Ir/c15-8-10-9-21(11-4-2-1-3-5-11)13(19-10)22-7-6-12(20-22)14(16,17)18;/h1-6,9H,8H2;/q-1;. The smallest absolute Gasteiger partial charge is 0.337 e. The van der Waals surface area contributed by atoms with Crippen LogP contribution in [0.1, 0.15) is 11.4 Å². The molecule has 9 heteroatoms. The Kier molecular flexibility index (Phi) is 5.01. The number of aromatic nitrogens is 4. The van der Waals surface area contributed by atoms with E-state index in [4.69, 9.17) is 0 Å². The molecule has 0 fully saturated rings. The Morgan fingerprint density at radius 1 is 1.13 bits per heavy atom. The molecule has 1 radical (unpaired) electrons. The van der Waals surface area contributed by atoms with Crippen molar-refractivity contribution >= 4 is 0 Å². The summed E-state index contributed by atoms with van der Waals surface area (Å²) < 4.78 is 53.0. The van der Waals surface area contributed by atoms with Crippen LogP contribution in [-0.2, 0) is 33.0 Å². The molecule has 0 saturated carbocycles.